The van der Waals surface area contributed by atoms with Gasteiger partial charge in [-0.25, -0.2) is 14.8 Å². The van der Waals surface area contributed by atoms with Crippen LogP contribution in [0.3, 0.4) is 0 Å². The predicted octanol–water partition coefficient (Wildman–Crippen LogP) is 1.70. The second kappa shape index (κ2) is 7.98. The van der Waals surface area contributed by atoms with Gasteiger partial charge in [0.15, 0.2) is 0 Å². The number of carbonyl (C=O) groups is 1. The maximum atomic E-state index is 11.9. The van der Waals surface area contributed by atoms with E-state index in [-0.39, 0.29) is 6.03 Å². The predicted molar refractivity (Wildman–Crippen MR) is 80.0 cm³/mol. The zero-order valence-corrected chi connectivity index (χ0v) is 11.6. The molecule has 2 rings (SSSR count). The van der Waals surface area contributed by atoms with Crippen LogP contribution in [0.1, 0.15) is 6.42 Å². The van der Waals surface area contributed by atoms with Crippen LogP contribution in [-0.2, 0) is 0 Å². The molecule has 6 nitrogen and oxygen atoms in total. The summed E-state index contributed by atoms with van der Waals surface area (Å²) < 4.78 is 11.9. The fraction of sp³-hybridized carbons (Fsp3) is 0.357. The molecule has 1 aromatic heterocycles. The van der Waals surface area contributed by atoms with Crippen molar-refractivity contribution < 1.29 is 9.18 Å². The van der Waals surface area contributed by atoms with Crippen molar-refractivity contribution in [1.29, 1.82) is 0 Å². The molecule has 0 unspecified atom stereocenters. The van der Waals surface area contributed by atoms with Gasteiger partial charge >= 0.3 is 6.03 Å². The van der Waals surface area contributed by atoms with Crippen molar-refractivity contribution in [2.75, 3.05) is 31.6 Å². The van der Waals surface area contributed by atoms with Crippen LogP contribution in [0.4, 0.5) is 15.0 Å². The lowest BCUT2D eigenvalue weighted by atomic mass is 10.2. The molecule has 0 radical (unpaired) electrons. The average molecular weight is 291 g/mol. The third kappa shape index (κ3) is 4.55. The smallest absolute Gasteiger partial charge is 0.314 e. The number of nitrogens with zero attached hydrogens (tertiary/aromatic N) is 2. The van der Waals surface area contributed by atoms with Crippen molar-refractivity contribution in [3.63, 3.8) is 0 Å². The van der Waals surface area contributed by atoms with E-state index in [4.69, 9.17) is 0 Å². The molecule has 0 bridgehead atoms. The molecule has 0 aliphatic rings. The average Bonchev–Trinajstić information content (AvgIpc) is 2.52. The molecule has 112 valence electrons. The first-order valence-electron chi connectivity index (χ1n) is 6.82. The van der Waals surface area contributed by atoms with Gasteiger partial charge in [-0.15, -0.1) is 0 Å². The number of benzene rings is 1. The standard InChI is InChI=1S/C14H18FN5O/c15-6-3-7-17-14(21)18-9-8-16-13-11-4-1-2-5-12(11)19-10-20-13/h1-2,4-5,10H,3,6-9H2,(H,16,19,20)(H2,17,18,21). The van der Waals surface area contributed by atoms with Crippen molar-refractivity contribution in [2.24, 2.45) is 0 Å². The van der Waals surface area contributed by atoms with E-state index in [1.807, 2.05) is 24.3 Å². The topological polar surface area (TPSA) is 78.9 Å². The monoisotopic (exact) mass is 291 g/mol. The Hall–Kier alpha value is -2.44. The lowest BCUT2D eigenvalue weighted by Gasteiger charge is -2.09. The highest BCUT2D eigenvalue weighted by atomic mass is 19.1. The normalized spacial score (nSPS) is 10.3. The van der Waals surface area contributed by atoms with E-state index in [1.54, 1.807) is 0 Å². The van der Waals surface area contributed by atoms with Crippen LogP contribution in [0.2, 0.25) is 0 Å². The van der Waals surface area contributed by atoms with Crippen LogP contribution < -0.4 is 16.0 Å². The Kier molecular flexibility index (Phi) is 5.69. The summed E-state index contributed by atoms with van der Waals surface area (Å²) in [4.78, 5) is 19.7. The van der Waals surface area contributed by atoms with Gasteiger partial charge in [-0.2, -0.15) is 0 Å². The molecule has 0 fully saturated rings. The molecule has 7 heteroatoms. The van der Waals surface area contributed by atoms with Crippen molar-refractivity contribution in [3.8, 4) is 0 Å². The molecule has 2 aromatic rings. The van der Waals surface area contributed by atoms with Gasteiger partial charge in [0.05, 0.1) is 12.2 Å². The number of carbonyl (C=O) groups excluding carboxylic acids is 1. The third-order valence-corrected chi connectivity index (χ3v) is 2.84. The van der Waals surface area contributed by atoms with Gasteiger partial charge < -0.3 is 16.0 Å². The summed E-state index contributed by atoms with van der Waals surface area (Å²) in [6, 6.07) is 7.40. The number of hydrogen-bond donors (Lipinski definition) is 3. The number of hydrogen-bond acceptors (Lipinski definition) is 4. The third-order valence-electron chi connectivity index (χ3n) is 2.84. The Morgan fingerprint density at radius 3 is 2.76 bits per heavy atom. The van der Waals surface area contributed by atoms with E-state index in [1.165, 1.54) is 6.33 Å². The van der Waals surface area contributed by atoms with Crippen LogP contribution in [0, 0.1) is 0 Å². The molecule has 0 aliphatic heterocycles. The number of amides is 2. The lowest BCUT2D eigenvalue weighted by Crippen LogP contribution is -2.38. The molecular formula is C14H18FN5O. The first-order chi connectivity index (χ1) is 10.3. The second-order valence-corrected chi connectivity index (χ2v) is 4.39. The fourth-order valence-corrected chi connectivity index (χ4v) is 1.83. The molecule has 0 aliphatic carbocycles. The van der Waals surface area contributed by atoms with Crippen molar-refractivity contribution in [1.82, 2.24) is 20.6 Å². The number of nitrogens with one attached hydrogen (secondary N) is 3. The summed E-state index contributed by atoms with van der Waals surface area (Å²) in [6.45, 7) is 0.895. The minimum Gasteiger partial charge on any atom is -0.368 e. The molecule has 21 heavy (non-hydrogen) atoms. The molecular weight excluding hydrogens is 273 g/mol. The summed E-state index contributed by atoms with van der Waals surface area (Å²) in [6.07, 6.45) is 1.83. The zero-order chi connectivity index (χ0) is 14.9. The number of aromatic nitrogens is 2. The number of fused-ring (bicyclic) bond motifs is 1. The SMILES string of the molecule is O=C(NCCCF)NCCNc1ncnc2ccccc12. The van der Waals surface area contributed by atoms with Crippen LogP contribution in [0.5, 0.6) is 0 Å². The van der Waals surface area contributed by atoms with Gasteiger partial charge in [0.25, 0.3) is 0 Å². The first-order valence-corrected chi connectivity index (χ1v) is 6.82. The highest BCUT2D eigenvalue weighted by molar-refractivity contribution is 5.88. The highest BCUT2D eigenvalue weighted by Gasteiger charge is 2.02. The van der Waals surface area contributed by atoms with E-state index in [9.17, 15) is 9.18 Å². The summed E-state index contributed by atoms with van der Waals surface area (Å²) in [5.41, 5.74) is 0.868. The largest absolute Gasteiger partial charge is 0.368 e. The Morgan fingerprint density at radius 2 is 1.90 bits per heavy atom. The molecule has 0 saturated heterocycles. The Balaban J connectivity index is 1.76. The highest BCUT2D eigenvalue weighted by Crippen LogP contribution is 2.17. The maximum Gasteiger partial charge on any atom is 0.314 e. The fourth-order valence-electron chi connectivity index (χ4n) is 1.83. The number of para-hydroxylation sites is 1. The van der Waals surface area contributed by atoms with E-state index in [2.05, 4.69) is 25.9 Å². The van der Waals surface area contributed by atoms with Gasteiger partial charge in [0, 0.05) is 25.0 Å². The number of halogens is 1. The van der Waals surface area contributed by atoms with E-state index < -0.39 is 6.67 Å². The van der Waals surface area contributed by atoms with Gasteiger partial charge in [0.1, 0.15) is 12.1 Å². The maximum absolute atomic E-state index is 11.9. The van der Waals surface area contributed by atoms with Crippen molar-refractivity contribution in [2.45, 2.75) is 6.42 Å². The number of urea groups is 1. The van der Waals surface area contributed by atoms with Gasteiger partial charge in [-0.3, -0.25) is 4.39 Å². The molecule has 1 heterocycles. The Labute approximate surface area is 122 Å². The van der Waals surface area contributed by atoms with Gasteiger partial charge in [-0.1, -0.05) is 12.1 Å². The van der Waals surface area contributed by atoms with Gasteiger partial charge in [-0.05, 0) is 18.6 Å². The Bertz CT molecular complexity index is 587. The number of rotatable bonds is 7. The Morgan fingerprint density at radius 1 is 1.10 bits per heavy atom. The lowest BCUT2D eigenvalue weighted by molar-refractivity contribution is 0.241. The number of anilines is 1. The first kappa shape index (κ1) is 15.0. The second-order valence-electron chi connectivity index (χ2n) is 4.39. The molecule has 2 amide bonds. The summed E-state index contributed by atoms with van der Waals surface area (Å²) in [5.74, 6) is 0.736. The molecule has 0 spiro atoms. The molecule has 0 atom stereocenters. The van der Waals surface area contributed by atoms with E-state index in [0.717, 1.165) is 16.7 Å². The van der Waals surface area contributed by atoms with Crippen molar-refractivity contribution in [3.05, 3.63) is 30.6 Å². The molecule has 1 aromatic carbocycles. The van der Waals surface area contributed by atoms with Crippen LogP contribution >= 0.6 is 0 Å². The van der Waals surface area contributed by atoms with E-state index >= 15 is 0 Å². The van der Waals surface area contributed by atoms with E-state index in [0.29, 0.717) is 26.1 Å². The molecule has 0 saturated carbocycles. The minimum atomic E-state index is -0.428. The van der Waals surface area contributed by atoms with Crippen molar-refractivity contribution >= 4 is 22.8 Å². The van der Waals surface area contributed by atoms with Gasteiger partial charge in [0.2, 0.25) is 0 Å². The van der Waals surface area contributed by atoms with Crippen LogP contribution in [-0.4, -0.2) is 42.3 Å². The van der Waals surface area contributed by atoms with Crippen LogP contribution in [0.15, 0.2) is 30.6 Å². The quantitative estimate of drug-likeness (QED) is 0.678. The zero-order valence-electron chi connectivity index (χ0n) is 11.6. The van der Waals surface area contributed by atoms with Crippen LogP contribution in [0.25, 0.3) is 10.9 Å². The summed E-state index contributed by atoms with van der Waals surface area (Å²) in [7, 11) is 0. The molecule has 3 N–H and O–H groups in total. The minimum absolute atomic E-state index is 0.294. The summed E-state index contributed by atoms with van der Waals surface area (Å²) >= 11 is 0. The number of alkyl halides is 1. The summed E-state index contributed by atoms with van der Waals surface area (Å²) in [5, 5.41) is 9.34.